The van der Waals surface area contributed by atoms with Crippen LogP contribution >= 0.6 is 0 Å². The van der Waals surface area contributed by atoms with Crippen molar-refractivity contribution in [1.82, 2.24) is 0 Å². The van der Waals surface area contributed by atoms with E-state index in [1.807, 2.05) is 49.4 Å². The van der Waals surface area contributed by atoms with Gasteiger partial charge in [0.1, 0.15) is 17.3 Å². The molecule has 0 aliphatic rings. The van der Waals surface area contributed by atoms with Gasteiger partial charge in [-0.15, -0.1) is 0 Å². The fourth-order valence-corrected chi connectivity index (χ4v) is 3.37. The Balaban J connectivity index is 2.44. The molecule has 6 heteroatoms. The summed E-state index contributed by atoms with van der Waals surface area (Å²) >= 11 is 0. The molecule has 3 N–H and O–H groups in total. The molecule has 0 aliphatic carbocycles. The number of ether oxygens (including phenoxy) is 3. The van der Waals surface area contributed by atoms with E-state index in [0.717, 1.165) is 22.4 Å². The highest BCUT2D eigenvalue weighted by atomic mass is 16.5. The van der Waals surface area contributed by atoms with Gasteiger partial charge < -0.3 is 14.2 Å². The summed E-state index contributed by atoms with van der Waals surface area (Å²) < 4.78 is 16.4. The number of aryl methyl sites for hydroxylation is 1. The number of anilines is 1. The average molecular weight is 376 g/mol. The van der Waals surface area contributed by atoms with E-state index in [-0.39, 0.29) is 0 Å². The van der Waals surface area contributed by atoms with Gasteiger partial charge in [-0.2, -0.15) is 5.26 Å². The first-order valence-electron chi connectivity index (χ1n) is 8.66. The second-order valence-corrected chi connectivity index (χ2v) is 6.18. The molecule has 0 spiro atoms. The summed E-state index contributed by atoms with van der Waals surface area (Å²) in [5.41, 5.74) is 10.7. The van der Waals surface area contributed by atoms with Gasteiger partial charge in [-0.1, -0.05) is 30.3 Å². The van der Waals surface area contributed by atoms with Crippen molar-refractivity contribution in [3.05, 3.63) is 53.7 Å². The molecule has 1 heterocycles. The monoisotopic (exact) mass is 376 g/mol. The molecule has 3 rings (SSSR count). The summed E-state index contributed by atoms with van der Waals surface area (Å²) in [6, 6.07) is 15.7. The van der Waals surface area contributed by atoms with Gasteiger partial charge in [-0.25, -0.2) is 4.98 Å². The first kappa shape index (κ1) is 19.1. The lowest BCUT2D eigenvalue weighted by atomic mass is 9.90. The van der Waals surface area contributed by atoms with Crippen molar-refractivity contribution in [2.45, 2.75) is 6.92 Å². The number of aromatic nitrogens is 1. The number of nitrogens with one attached hydrogen (secondary N) is 1. The normalized spacial score (nSPS) is 10.2. The Kier molecular flexibility index (Phi) is 5.37. The van der Waals surface area contributed by atoms with Crippen LogP contribution in [0.4, 0.5) is 5.82 Å². The number of nitriles is 1. The number of nitrogens with zero attached hydrogens (tertiary/aromatic N) is 1. The number of rotatable bonds is 5. The van der Waals surface area contributed by atoms with Gasteiger partial charge >= 0.3 is 0 Å². The van der Waals surface area contributed by atoms with Crippen LogP contribution in [0, 0.1) is 18.3 Å². The average Bonchev–Trinajstić information content (AvgIpc) is 2.72. The number of pyridine rings is 1. The van der Waals surface area contributed by atoms with Crippen LogP contribution in [-0.2, 0) is 0 Å². The first-order chi connectivity index (χ1) is 13.5. The lowest BCUT2D eigenvalue weighted by Gasteiger charge is -2.17. The fourth-order valence-electron chi connectivity index (χ4n) is 3.37. The van der Waals surface area contributed by atoms with Crippen LogP contribution in [0.3, 0.4) is 0 Å². The maximum absolute atomic E-state index is 9.84. The van der Waals surface area contributed by atoms with Gasteiger partial charge in [-0.05, 0) is 30.2 Å². The molecule has 0 saturated heterocycles. The minimum atomic E-state index is 0.309. The van der Waals surface area contributed by atoms with Crippen molar-refractivity contribution in [3.8, 4) is 45.6 Å². The SMILES string of the molecule is COc1cc(-c2c(C#N)c(N)[nH+]c(C)c2-c2ccccc2)cc(OC)c1OC. The van der Waals surface area contributed by atoms with Gasteiger partial charge in [0.05, 0.1) is 21.3 Å². The second kappa shape index (κ2) is 7.89. The van der Waals surface area contributed by atoms with Crippen molar-refractivity contribution in [2.24, 2.45) is 0 Å². The van der Waals surface area contributed by atoms with E-state index in [2.05, 4.69) is 11.1 Å². The van der Waals surface area contributed by atoms with Gasteiger partial charge in [0, 0.05) is 11.1 Å². The van der Waals surface area contributed by atoms with Crippen LogP contribution in [-0.4, -0.2) is 21.3 Å². The van der Waals surface area contributed by atoms with Gasteiger partial charge in [0.2, 0.25) is 5.75 Å². The molecule has 0 unspecified atom stereocenters. The smallest absolute Gasteiger partial charge is 0.289 e. The van der Waals surface area contributed by atoms with Crippen LogP contribution in [0.15, 0.2) is 42.5 Å². The highest BCUT2D eigenvalue weighted by Gasteiger charge is 2.25. The molecule has 2 aromatic carbocycles. The van der Waals surface area contributed by atoms with Crippen LogP contribution in [0.5, 0.6) is 17.2 Å². The molecule has 0 amide bonds. The first-order valence-corrected chi connectivity index (χ1v) is 8.66. The third-order valence-electron chi connectivity index (χ3n) is 4.59. The Morgan fingerprint density at radius 2 is 1.50 bits per heavy atom. The van der Waals surface area contributed by atoms with E-state index < -0.39 is 0 Å². The van der Waals surface area contributed by atoms with Crippen molar-refractivity contribution in [2.75, 3.05) is 27.1 Å². The number of benzene rings is 2. The molecular weight excluding hydrogens is 354 g/mol. The summed E-state index contributed by atoms with van der Waals surface area (Å²) in [4.78, 5) is 3.11. The van der Waals surface area contributed by atoms with E-state index in [1.165, 1.54) is 0 Å². The zero-order chi connectivity index (χ0) is 20.3. The highest BCUT2D eigenvalue weighted by molar-refractivity contribution is 5.91. The largest absolute Gasteiger partial charge is 0.493 e. The van der Waals surface area contributed by atoms with Crippen LogP contribution < -0.4 is 24.9 Å². The maximum atomic E-state index is 9.84. The molecule has 0 fully saturated rings. The van der Waals surface area contributed by atoms with E-state index in [0.29, 0.717) is 34.2 Å². The third-order valence-corrected chi connectivity index (χ3v) is 4.59. The van der Waals surface area contributed by atoms with E-state index in [9.17, 15) is 5.26 Å². The molecule has 3 aromatic rings. The number of hydrogen-bond acceptors (Lipinski definition) is 5. The Hall–Kier alpha value is -3.72. The minimum Gasteiger partial charge on any atom is -0.493 e. The number of nitrogen functional groups attached to an aromatic ring is 1. The topological polar surface area (TPSA) is 91.6 Å². The zero-order valence-corrected chi connectivity index (χ0v) is 16.3. The minimum absolute atomic E-state index is 0.309. The van der Waals surface area contributed by atoms with Gasteiger partial charge in [0.25, 0.3) is 5.82 Å². The number of H-pyrrole nitrogens is 1. The number of nitrogens with two attached hydrogens (primary N) is 1. The molecule has 0 atom stereocenters. The van der Waals surface area contributed by atoms with Crippen LogP contribution in [0.1, 0.15) is 11.3 Å². The molecule has 6 nitrogen and oxygen atoms in total. The van der Waals surface area contributed by atoms with Crippen molar-refractivity contribution < 1.29 is 19.2 Å². The van der Waals surface area contributed by atoms with Crippen molar-refractivity contribution in [1.29, 1.82) is 5.26 Å². The van der Waals surface area contributed by atoms with Crippen molar-refractivity contribution >= 4 is 5.82 Å². The second-order valence-electron chi connectivity index (χ2n) is 6.18. The van der Waals surface area contributed by atoms with E-state index in [4.69, 9.17) is 19.9 Å². The molecule has 28 heavy (non-hydrogen) atoms. The number of methoxy groups -OCH3 is 3. The van der Waals surface area contributed by atoms with E-state index in [1.54, 1.807) is 21.3 Å². The standard InChI is InChI=1S/C22H21N3O3/c1-13-19(14-8-6-5-7-9-14)20(16(12-23)22(24)25-13)15-10-17(26-2)21(28-4)18(11-15)27-3/h5-11H,1-4H3,(H2,24,25)/p+1. The Labute approximate surface area is 164 Å². The molecule has 142 valence electrons. The lowest BCUT2D eigenvalue weighted by Crippen LogP contribution is -2.18. The Bertz CT molecular complexity index is 1030. The Morgan fingerprint density at radius 3 is 2.00 bits per heavy atom. The lowest BCUT2D eigenvalue weighted by molar-refractivity contribution is -0.369. The number of aromatic amines is 1. The summed E-state index contributed by atoms with van der Waals surface area (Å²) in [7, 11) is 4.67. The van der Waals surface area contributed by atoms with Crippen LogP contribution in [0.25, 0.3) is 22.3 Å². The predicted molar refractivity (Wildman–Crippen MR) is 107 cm³/mol. The van der Waals surface area contributed by atoms with Gasteiger partial charge in [0.15, 0.2) is 11.5 Å². The third kappa shape index (κ3) is 3.19. The maximum Gasteiger partial charge on any atom is 0.289 e. The molecular formula is C22H22N3O3+. The fraction of sp³-hybridized carbons (Fsp3) is 0.182. The zero-order valence-electron chi connectivity index (χ0n) is 16.3. The quantitative estimate of drug-likeness (QED) is 0.734. The molecule has 0 aliphatic heterocycles. The number of hydrogen-bond donors (Lipinski definition) is 1. The highest BCUT2D eigenvalue weighted by Crippen LogP contribution is 2.45. The van der Waals surface area contributed by atoms with Gasteiger partial charge in [-0.3, -0.25) is 5.73 Å². The van der Waals surface area contributed by atoms with Crippen molar-refractivity contribution in [3.63, 3.8) is 0 Å². The van der Waals surface area contributed by atoms with Crippen LogP contribution in [0.2, 0.25) is 0 Å². The Morgan fingerprint density at radius 1 is 0.893 bits per heavy atom. The summed E-state index contributed by atoms with van der Waals surface area (Å²) in [6.45, 7) is 1.93. The molecule has 1 aromatic heterocycles. The molecule has 0 radical (unpaired) electrons. The summed E-state index contributed by atoms with van der Waals surface area (Å²) in [6.07, 6.45) is 0. The molecule has 0 saturated carbocycles. The summed E-state index contributed by atoms with van der Waals surface area (Å²) in [5, 5.41) is 9.84. The van der Waals surface area contributed by atoms with E-state index >= 15 is 0 Å². The molecule has 0 bridgehead atoms. The predicted octanol–water partition coefficient (Wildman–Crippen LogP) is 3.62. The summed E-state index contributed by atoms with van der Waals surface area (Å²) in [5.74, 6) is 1.80.